The Bertz CT molecular complexity index is 903. The molecule has 1 aromatic carbocycles. The molecule has 1 aliphatic rings. The van der Waals surface area contributed by atoms with Crippen molar-refractivity contribution in [1.29, 1.82) is 0 Å². The number of carbonyl (C=O) groups is 1. The molecule has 0 bridgehead atoms. The van der Waals surface area contributed by atoms with E-state index in [1.807, 2.05) is 18.4 Å². The zero-order valence-corrected chi connectivity index (χ0v) is 14.5. The monoisotopic (exact) mass is 358 g/mol. The lowest BCUT2D eigenvalue weighted by atomic mass is 10.0. The first-order valence-corrected chi connectivity index (χ1v) is 9.55. The minimum Gasteiger partial charge on any atom is -0.350 e. The molecule has 2 heterocycles. The smallest absolute Gasteiger partial charge is 0.296 e. The van der Waals surface area contributed by atoms with Crippen molar-refractivity contribution in [3.63, 3.8) is 0 Å². The predicted molar refractivity (Wildman–Crippen MR) is 93.6 cm³/mol. The molecule has 0 saturated carbocycles. The second-order valence-corrected chi connectivity index (χ2v) is 7.44. The number of fused-ring (bicyclic) bond motifs is 1. The summed E-state index contributed by atoms with van der Waals surface area (Å²) in [5.74, 6) is -0.202. The van der Waals surface area contributed by atoms with E-state index in [1.54, 1.807) is 6.07 Å². The molecule has 2 aromatic heterocycles. The average Bonchev–Trinajstić information content (AvgIpc) is 3.33. The van der Waals surface area contributed by atoms with Crippen LogP contribution >= 0.6 is 23.1 Å². The lowest BCUT2D eigenvalue weighted by molar-refractivity contribution is 0.0988. The van der Waals surface area contributed by atoms with Gasteiger partial charge in [0.2, 0.25) is 10.9 Å². The number of anilines is 1. The zero-order valence-electron chi connectivity index (χ0n) is 12.9. The first-order chi connectivity index (χ1) is 11.7. The van der Waals surface area contributed by atoms with E-state index in [1.165, 1.54) is 34.2 Å². The van der Waals surface area contributed by atoms with Crippen LogP contribution in [0.4, 0.5) is 5.13 Å². The lowest BCUT2D eigenvalue weighted by Crippen LogP contribution is -2.10. The van der Waals surface area contributed by atoms with Gasteiger partial charge in [-0.15, -0.1) is 10.2 Å². The highest BCUT2D eigenvalue weighted by Crippen LogP contribution is 2.32. The highest BCUT2D eigenvalue weighted by Gasteiger charge is 2.20. The van der Waals surface area contributed by atoms with Crippen molar-refractivity contribution in [3.8, 4) is 11.3 Å². The molecule has 122 valence electrons. The van der Waals surface area contributed by atoms with Gasteiger partial charge >= 0.3 is 0 Å². The van der Waals surface area contributed by atoms with E-state index in [4.69, 9.17) is 4.52 Å². The van der Waals surface area contributed by atoms with Crippen molar-refractivity contribution >= 4 is 34.1 Å². The van der Waals surface area contributed by atoms with Gasteiger partial charge in [0.25, 0.3) is 5.91 Å². The molecule has 1 aliphatic carbocycles. The summed E-state index contributed by atoms with van der Waals surface area (Å²) in [5, 5.41) is 15.1. The molecule has 0 spiro atoms. The molecule has 4 rings (SSSR count). The van der Waals surface area contributed by atoms with Crippen LogP contribution in [0.5, 0.6) is 0 Å². The topological polar surface area (TPSA) is 80.9 Å². The number of amides is 1. The van der Waals surface area contributed by atoms with Crippen molar-refractivity contribution in [1.82, 2.24) is 15.4 Å². The number of hydrogen-bond donors (Lipinski definition) is 1. The third-order valence-electron chi connectivity index (χ3n) is 3.96. The normalized spacial score (nSPS) is 13.0. The minimum absolute atomic E-state index is 0.168. The first kappa shape index (κ1) is 15.3. The highest BCUT2D eigenvalue weighted by atomic mass is 32.2. The van der Waals surface area contributed by atoms with E-state index >= 15 is 0 Å². The van der Waals surface area contributed by atoms with Gasteiger partial charge in [-0.1, -0.05) is 46.5 Å². The van der Waals surface area contributed by atoms with Gasteiger partial charge in [-0.05, 0) is 36.6 Å². The van der Waals surface area contributed by atoms with E-state index in [-0.39, 0.29) is 11.7 Å². The second-order valence-electron chi connectivity index (χ2n) is 5.40. The maximum absolute atomic E-state index is 12.3. The molecule has 0 saturated heterocycles. The van der Waals surface area contributed by atoms with Crippen LogP contribution in [0.3, 0.4) is 0 Å². The molecule has 24 heavy (non-hydrogen) atoms. The van der Waals surface area contributed by atoms with Gasteiger partial charge in [-0.3, -0.25) is 10.1 Å². The van der Waals surface area contributed by atoms with Crippen LogP contribution in [0.15, 0.2) is 33.1 Å². The van der Waals surface area contributed by atoms with Gasteiger partial charge in [0, 0.05) is 11.6 Å². The number of aromatic nitrogens is 3. The number of nitrogens with one attached hydrogen (secondary N) is 1. The Morgan fingerprint density at radius 1 is 1.33 bits per heavy atom. The maximum Gasteiger partial charge on any atom is 0.296 e. The molecule has 1 amide bonds. The van der Waals surface area contributed by atoms with Gasteiger partial charge in [-0.25, -0.2) is 0 Å². The molecule has 6 nitrogen and oxygen atoms in total. The molecule has 0 atom stereocenters. The number of rotatable bonds is 4. The highest BCUT2D eigenvalue weighted by molar-refractivity contribution is 8.00. The van der Waals surface area contributed by atoms with E-state index < -0.39 is 0 Å². The van der Waals surface area contributed by atoms with Crippen LogP contribution in [0.25, 0.3) is 11.3 Å². The Morgan fingerprint density at radius 3 is 3.08 bits per heavy atom. The fourth-order valence-corrected chi connectivity index (χ4v) is 4.04. The largest absolute Gasteiger partial charge is 0.350 e. The second kappa shape index (κ2) is 6.37. The Kier molecular flexibility index (Phi) is 4.07. The van der Waals surface area contributed by atoms with E-state index in [9.17, 15) is 4.79 Å². The Hall–Kier alpha value is -2.19. The minimum atomic E-state index is -0.370. The van der Waals surface area contributed by atoms with Crippen molar-refractivity contribution in [2.45, 2.75) is 23.6 Å². The first-order valence-electron chi connectivity index (χ1n) is 7.51. The number of carbonyl (C=O) groups excluding carboxylic acids is 1. The fraction of sp³-hybridized carbons (Fsp3) is 0.250. The Morgan fingerprint density at radius 2 is 2.25 bits per heavy atom. The summed E-state index contributed by atoms with van der Waals surface area (Å²) in [7, 11) is 0. The van der Waals surface area contributed by atoms with E-state index in [0.717, 1.165) is 29.2 Å². The maximum atomic E-state index is 12.3. The number of nitrogens with zero attached hydrogens (tertiary/aromatic N) is 3. The third-order valence-corrected chi connectivity index (χ3v) is 5.77. The van der Waals surface area contributed by atoms with Crippen molar-refractivity contribution < 1.29 is 9.32 Å². The predicted octanol–water partition coefficient (Wildman–Crippen LogP) is 3.66. The molecule has 3 aromatic rings. The lowest BCUT2D eigenvalue weighted by Gasteiger charge is -2.04. The standard InChI is InChI=1S/C16H14N4O2S2/c1-23-16-19-18-15(24-16)17-14(21)13-8-12(20-22-13)11-7-3-5-9-4-2-6-10(9)11/h3,5,7-8H,2,4,6H2,1H3,(H,17,18,21). The van der Waals surface area contributed by atoms with Gasteiger partial charge in [0.05, 0.1) is 0 Å². The molecule has 0 aliphatic heterocycles. The molecule has 8 heteroatoms. The molecular weight excluding hydrogens is 344 g/mol. The molecule has 0 fully saturated rings. The summed E-state index contributed by atoms with van der Waals surface area (Å²) < 4.78 is 6.03. The number of aryl methyl sites for hydroxylation is 1. The summed E-state index contributed by atoms with van der Waals surface area (Å²) in [4.78, 5) is 12.3. The Labute approximate surface area is 146 Å². The summed E-state index contributed by atoms with van der Waals surface area (Å²) in [5.41, 5.74) is 4.42. The Balaban J connectivity index is 1.56. The van der Waals surface area contributed by atoms with Gasteiger partial charge < -0.3 is 4.52 Å². The summed E-state index contributed by atoms with van der Waals surface area (Å²) >= 11 is 2.81. The van der Waals surface area contributed by atoms with Crippen LogP contribution in [-0.4, -0.2) is 27.5 Å². The number of hydrogen-bond acceptors (Lipinski definition) is 7. The van der Waals surface area contributed by atoms with Crippen molar-refractivity contribution in [2.75, 3.05) is 11.6 Å². The summed E-state index contributed by atoms with van der Waals surface area (Å²) in [6.07, 6.45) is 5.21. The molecule has 0 unspecified atom stereocenters. The summed E-state index contributed by atoms with van der Waals surface area (Å²) in [6, 6.07) is 7.89. The number of thioether (sulfide) groups is 1. The summed E-state index contributed by atoms with van der Waals surface area (Å²) in [6.45, 7) is 0. The third kappa shape index (κ3) is 2.83. The van der Waals surface area contributed by atoms with Crippen molar-refractivity contribution in [3.05, 3.63) is 41.2 Å². The van der Waals surface area contributed by atoms with E-state index in [2.05, 4.69) is 26.7 Å². The SMILES string of the molecule is CSc1nnc(NC(=O)c2cc(-c3cccc4c3CCC4)no2)s1. The van der Waals surface area contributed by atoms with Gasteiger partial charge in [0.1, 0.15) is 5.69 Å². The molecule has 1 N–H and O–H groups in total. The van der Waals surface area contributed by atoms with Crippen LogP contribution in [0.1, 0.15) is 28.1 Å². The fourth-order valence-electron chi connectivity index (χ4n) is 2.87. The van der Waals surface area contributed by atoms with Gasteiger partial charge in [0.15, 0.2) is 4.34 Å². The quantitative estimate of drug-likeness (QED) is 0.566. The number of benzene rings is 1. The van der Waals surface area contributed by atoms with Crippen LogP contribution in [-0.2, 0) is 12.8 Å². The van der Waals surface area contributed by atoms with Crippen LogP contribution in [0.2, 0.25) is 0 Å². The van der Waals surface area contributed by atoms with Crippen molar-refractivity contribution in [2.24, 2.45) is 0 Å². The van der Waals surface area contributed by atoms with E-state index in [0.29, 0.717) is 10.8 Å². The molecule has 0 radical (unpaired) electrons. The molecular formula is C16H14N4O2S2. The van der Waals surface area contributed by atoms with Crippen LogP contribution in [0, 0.1) is 0 Å². The zero-order chi connectivity index (χ0) is 16.5. The van der Waals surface area contributed by atoms with Crippen LogP contribution < -0.4 is 5.32 Å². The average molecular weight is 358 g/mol. The van der Waals surface area contributed by atoms with Gasteiger partial charge in [-0.2, -0.15) is 0 Å².